The molecule has 0 radical (unpaired) electrons. The van der Waals surface area contributed by atoms with E-state index in [-0.39, 0.29) is 16.7 Å². The van der Waals surface area contributed by atoms with Gasteiger partial charge < -0.3 is 5.11 Å². The predicted molar refractivity (Wildman–Crippen MR) is 71.5 cm³/mol. The Labute approximate surface area is 117 Å². The zero-order valence-corrected chi connectivity index (χ0v) is 11.6. The van der Waals surface area contributed by atoms with Gasteiger partial charge in [-0.2, -0.15) is 13.2 Å². The predicted octanol–water partition coefficient (Wildman–Crippen LogP) is 4.75. The SMILES string of the molecule is Cc1cc(C(O)c2ccc(SC(F)(F)F)cc2)cs1. The van der Waals surface area contributed by atoms with E-state index in [1.54, 1.807) is 0 Å². The Morgan fingerprint density at radius 3 is 2.26 bits per heavy atom. The highest BCUT2D eigenvalue weighted by Gasteiger charge is 2.29. The van der Waals surface area contributed by atoms with E-state index < -0.39 is 11.6 Å². The number of thioether (sulfide) groups is 1. The molecule has 0 spiro atoms. The number of thiophene rings is 1. The third-order valence-corrected chi connectivity index (χ3v) is 4.11. The van der Waals surface area contributed by atoms with Gasteiger partial charge >= 0.3 is 5.51 Å². The Morgan fingerprint density at radius 1 is 1.16 bits per heavy atom. The number of aryl methyl sites for hydroxylation is 1. The number of halogens is 3. The van der Waals surface area contributed by atoms with Crippen molar-refractivity contribution in [3.63, 3.8) is 0 Å². The molecule has 2 aromatic rings. The van der Waals surface area contributed by atoms with Crippen molar-refractivity contribution in [1.29, 1.82) is 0 Å². The van der Waals surface area contributed by atoms with Crippen LogP contribution in [0, 0.1) is 6.92 Å². The van der Waals surface area contributed by atoms with Crippen molar-refractivity contribution in [2.24, 2.45) is 0 Å². The lowest BCUT2D eigenvalue weighted by Gasteiger charge is -2.10. The second-order valence-corrected chi connectivity index (χ2v) is 6.26. The van der Waals surface area contributed by atoms with Crippen molar-refractivity contribution in [1.82, 2.24) is 0 Å². The molecule has 102 valence electrons. The maximum Gasteiger partial charge on any atom is 0.446 e. The molecule has 2 rings (SSSR count). The van der Waals surface area contributed by atoms with E-state index in [2.05, 4.69) is 0 Å². The monoisotopic (exact) mass is 304 g/mol. The Balaban J connectivity index is 2.14. The Kier molecular flexibility index (Phi) is 4.23. The van der Waals surface area contributed by atoms with E-state index in [4.69, 9.17) is 0 Å². The van der Waals surface area contributed by atoms with Crippen molar-refractivity contribution >= 4 is 23.1 Å². The highest BCUT2D eigenvalue weighted by atomic mass is 32.2. The summed E-state index contributed by atoms with van der Waals surface area (Å²) in [5.41, 5.74) is -2.94. The molecule has 0 aliphatic heterocycles. The number of aliphatic hydroxyl groups is 1. The van der Waals surface area contributed by atoms with Crippen LogP contribution in [0.2, 0.25) is 0 Å². The van der Waals surface area contributed by atoms with E-state index >= 15 is 0 Å². The van der Waals surface area contributed by atoms with Crippen LogP contribution in [0.25, 0.3) is 0 Å². The molecule has 1 aromatic carbocycles. The number of benzene rings is 1. The second kappa shape index (κ2) is 5.56. The third kappa shape index (κ3) is 3.99. The number of rotatable bonds is 3. The molecule has 0 aliphatic rings. The van der Waals surface area contributed by atoms with E-state index in [1.165, 1.54) is 35.6 Å². The number of alkyl halides is 3. The minimum atomic E-state index is -4.29. The lowest BCUT2D eigenvalue weighted by atomic mass is 10.0. The molecule has 1 N–H and O–H groups in total. The molecular weight excluding hydrogens is 293 g/mol. The fourth-order valence-corrected chi connectivity index (χ4v) is 2.91. The highest BCUT2D eigenvalue weighted by Crippen LogP contribution is 2.37. The van der Waals surface area contributed by atoms with Crippen LogP contribution in [-0.2, 0) is 0 Å². The summed E-state index contributed by atoms with van der Waals surface area (Å²) in [5, 5.41) is 12.0. The van der Waals surface area contributed by atoms with Gasteiger partial charge in [0, 0.05) is 9.77 Å². The fraction of sp³-hybridized carbons (Fsp3) is 0.231. The lowest BCUT2D eigenvalue weighted by Crippen LogP contribution is -2.00. The van der Waals surface area contributed by atoms with Crippen LogP contribution in [0.4, 0.5) is 13.2 Å². The summed E-state index contributed by atoms with van der Waals surface area (Å²) in [5.74, 6) is 0. The maximum atomic E-state index is 12.2. The van der Waals surface area contributed by atoms with Crippen LogP contribution in [0.3, 0.4) is 0 Å². The molecule has 0 saturated heterocycles. The Hall–Kier alpha value is -0.980. The Morgan fingerprint density at radius 2 is 1.79 bits per heavy atom. The van der Waals surface area contributed by atoms with Gasteiger partial charge in [-0.3, -0.25) is 0 Å². The normalized spacial score (nSPS) is 13.5. The molecule has 1 atom stereocenters. The Bertz CT molecular complexity index is 546. The zero-order valence-electron chi connectivity index (χ0n) is 9.94. The topological polar surface area (TPSA) is 20.2 Å². The molecule has 1 unspecified atom stereocenters. The number of hydrogen-bond donors (Lipinski definition) is 1. The molecule has 19 heavy (non-hydrogen) atoms. The van der Waals surface area contributed by atoms with E-state index in [0.717, 1.165) is 10.4 Å². The van der Waals surface area contributed by atoms with Crippen molar-refractivity contribution < 1.29 is 18.3 Å². The maximum absolute atomic E-state index is 12.2. The summed E-state index contributed by atoms with van der Waals surface area (Å²) in [6.45, 7) is 1.93. The summed E-state index contributed by atoms with van der Waals surface area (Å²) in [7, 11) is 0. The molecular formula is C13H11F3OS2. The summed E-state index contributed by atoms with van der Waals surface area (Å²) in [6, 6.07) is 7.65. The van der Waals surface area contributed by atoms with Crippen molar-refractivity contribution in [2.45, 2.75) is 23.4 Å². The van der Waals surface area contributed by atoms with Crippen molar-refractivity contribution in [3.8, 4) is 0 Å². The van der Waals surface area contributed by atoms with Gasteiger partial charge in [0.2, 0.25) is 0 Å². The minimum absolute atomic E-state index is 0.116. The van der Waals surface area contributed by atoms with Gasteiger partial charge in [-0.1, -0.05) is 12.1 Å². The molecule has 0 amide bonds. The first-order valence-corrected chi connectivity index (χ1v) is 7.13. The molecule has 1 heterocycles. The summed E-state index contributed by atoms with van der Waals surface area (Å²) in [4.78, 5) is 1.20. The van der Waals surface area contributed by atoms with Gasteiger partial charge in [-0.05, 0) is 53.4 Å². The summed E-state index contributed by atoms with van der Waals surface area (Å²) < 4.78 is 36.5. The molecule has 1 aromatic heterocycles. The quantitative estimate of drug-likeness (QED) is 0.826. The van der Waals surface area contributed by atoms with Crippen LogP contribution in [0.5, 0.6) is 0 Å². The average Bonchev–Trinajstić information content (AvgIpc) is 2.74. The van der Waals surface area contributed by atoms with Gasteiger partial charge in [-0.15, -0.1) is 11.3 Å². The molecule has 0 fully saturated rings. The van der Waals surface area contributed by atoms with Crippen LogP contribution in [-0.4, -0.2) is 10.6 Å². The minimum Gasteiger partial charge on any atom is -0.384 e. The number of aliphatic hydroxyl groups excluding tert-OH is 1. The second-order valence-electron chi connectivity index (χ2n) is 4.01. The lowest BCUT2D eigenvalue weighted by molar-refractivity contribution is -0.0328. The van der Waals surface area contributed by atoms with Crippen LogP contribution >= 0.6 is 23.1 Å². The summed E-state index contributed by atoms with van der Waals surface area (Å²) in [6.07, 6.45) is -0.796. The largest absolute Gasteiger partial charge is 0.446 e. The first kappa shape index (κ1) is 14.4. The van der Waals surface area contributed by atoms with Crippen molar-refractivity contribution in [2.75, 3.05) is 0 Å². The van der Waals surface area contributed by atoms with Gasteiger partial charge in [0.15, 0.2) is 0 Å². The molecule has 0 aliphatic carbocycles. The first-order valence-electron chi connectivity index (χ1n) is 5.44. The molecule has 0 bridgehead atoms. The van der Waals surface area contributed by atoms with Crippen molar-refractivity contribution in [3.05, 3.63) is 51.7 Å². The van der Waals surface area contributed by atoms with Gasteiger partial charge in [0.25, 0.3) is 0 Å². The van der Waals surface area contributed by atoms with Gasteiger partial charge in [-0.25, -0.2) is 0 Å². The fourth-order valence-electron chi connectivity index (χ4n) is 1.65. The molecule has 0 saturated carbocycles. The molecule has 6 heteroatoms. The highest BCUT2D eigenvalue weighted by molar-refractivity contribution is 8.00. The van der Waals surface area contributed by atoms with Gasteiger partial charge in [0.05, 0.1) is 0 Å². The average molecular weight is 304 g/mol. The van der Waals surface area contributed by atoms with Crippen LogP contribution < -0.4 is 0 Å². The van der Waals surface area contributed by atoms with Crippen LogP contribution in [0.15, 0.2) is 40.6 Å². The van der Waals surface area contributed by atoms with Crippen LogP contribution in [0.1, 0.15) is 22.1 Å². The smallest absolute Gasteiger partial charge is 0.384 e. The van der Waals surface area contributed by atoms with E-state index in [1.807, 2.05) is 18.4 Å². The first-order chi connectivity index (χ1) is 8.85. The molecule has 1 nitrogen and oxygen atoms in total. The third-order valence-electron chi connectivity index (χ3n) is 2.50. The zero-order chi connectivity index (χ0) is 14.0. The van der Waals surface area contributed by atoms with Gasteiger partial charge in [0.1, 0.15) is 6.10 Å². The van der Waals surface area contributed by atoms with E-state index in [9.17, 15) is 18.3 Å². The standard InChI is InChI=1S/C13H11F3OS2/c1-8-6-10(7-18-8)12(17)9-2-4-11(5-3-9)19-13(14,15)16/h2-7,12,17H,1H3. The number of hydrogen-bond acceptors (Lipinski definition) is 3. The van der Waals surface area contributed by atoms with E-state index in [0.29, 0.717) is 5.56 Å². The summed E-state index contributed by atoms with van der Waals surface area (Å²) >= 11 is 1.37.